The number of hydrogen-bond donors (Lipinski definition) is 2. The number of aliphatic hydroxyl groups excluding tert-OH is 1. The summed E-state index contributed by atoms with van der Waals surface area (Å²) in [7, 11) is -1.88. The fraction of sp³-hybridized carbons (Fsp3) is 0.500. The van der Waals surface area contributed by atoms with Crippen LogP contribution < -0.4 is 4.72 Å². The maximum Gasteiger partial charge on any atom is 0.240 e. The number of methoxy groups -OCH3 is 1. The highest BCUT2D eigenvalue weighted by molar-refractivity contribution is 7.89. The molecule has 0 aromatic heterocycles. The third-order valence-electron chi connectivity index (χ3n) is 3.14. The van der Waals surface area contributed by atoms with E-state index in [4.69, 9.17) is 9.84 Å². The summed E-state index contributed by atoms with van der Waals surface area (Å²) in [5.74, 6) is 0. The van der Waals surface area contributed by atoms with E-state index in [1.807, 2.05) is 0 Å². The molecular formula is C12H17NO4S. The van der Waals surface area contributed by atoms with Crippen LogP contribution in [0, 0.1) is 0 Å². The molecule has 2 rings (SSSR count). The van der Waals surface area contributed by atoms with Crippen molar-refractivity contribution in [2.45, 2.75) is 36.5 Å². The summed E-state index contributed by atoms with van der Waals surface area (Å²) in [6.45, 7) is -0.168. The molecule has 100 valence electrons. The average Bonchev–Trinajstić information content (AvgIpc) is 2.33. The summed E-state index contributed by atoms with van der Waals surface area (Å²) in [5, 5.41) is 9.00. The Morgan fingerprint density at radius 1 is 1.44 bits per heavy atom. The van der Waals surface area contributed by atoms with E-state index in [9.17, 15) is 8.42 Å². The lowest BCUT2D eigenvalue weighted by Gasteiger charge is -2.34. The average molecular weight is 271 g/mol. The van der Waals surface area contributed by atoms with Crippen LogP contribution in [0.1, 0.15) is 18.4 Å². The van der Waals surface area contributed by atoms with Crippen LogP contribution in [0.4, 0.5) is 0 Å². The SMILES string of the molecule is COC1CC(NS(=O)(=O)c2cccc(CO)c2)C1. The Labute approximate surface area is 107 Å². The van der Waals surface area contributed by atoms with Crippen LogP contribution in [0.15, 0.2) is 29.2 Å². The van der Waals surface area contributed by atoms with Gasteiger partial charge in [-0.25, -0.2) is 13.1 Å². The molecule has 1 aromatic carbocycles. The van der Waals surface area contributed by atoms with E-state index in [1.54, 1.807) is 19.2 Å². The summed E-state index contributed by atoms with van der Waals surface area (Å²) in [5.41, 5.74) is 0.584. The van der Waals surface area contributed by atoms with Gasteiger partial charge in [0.2, 0.25) is 10.0 Å². The number of hydrogen-bond acceptors (Lipinski definition) is 4. The fourth-order valence-electron chi connectivity index (χ4n) is 1.95. The lowest BCUT2D eigenvalue weighted by Crippen LogP contribution is -2.47. The quantitative estimate of drug-likeness (QED) is 0.824. The predicted octanol–water partition coefficient (Wildman–Crippen LogP) is 0.635. The Morgan fingerprint density at radius 3 is 2.78 bits per heavy atom. The smallest absolute Gasteiger partial charge is 0.240 e. The first-order valence-corrected chi connectivity index (χ1v) is 7.28. The lowest BCUT2D eigenvalue weighted by molar-refractivity contribution is 0.0236. The molecule has 6 heteroatoms. The van der Waals surface area contributed by atoms with Crippen LogP contribution in [0.25, 0.3) is 0 Å². The molecule has 0 atom stereocenters. The van der Waals surface area contributed by atoms with Gasteiger partial charge in [-0.3, -0.25) is 0 Å². The summed E-state index contributed by atoms with van der Waals surface area (Å²) >= 11 is 0. The van der Waals surface area contributed by atoms with Crippen molar-refractivity contribution in [2.75, 3.05) is 7.11 Å². The summed E-state index contributed by atoms with van der Waals surface area (Å²) in [6.07, 6.45) is 1.56. The first-order chi connectivity index (χ1) is 8.55. The molecule has 1 saturated carbocycles. The van der Waals surface area contributed by atoms with Gasteiger partial charge in [0.1, 0.15) is 0 Å². The van der Waals surface area contributed by atoms with Crippen molar-refractivity contribution in [2.24, 2.45) is 0 Å². The fourth-order valence-corrected chi connectivity index (χ4v) is 3.28. The molecule has 1 aromatic rings. The number of rotatable bonds is 5. The number of benzene rings is 1. The van der Waals surface area contributed by atoms with Crippen LogP contribution in [0.2, 0.25) is 0 Å². The van der Waals surface area contributed by atoms with E-state index in [-0.39, 0.29) is 23.6 Å². The minimum absolute atomic E-state index is 0.0577. The van der Waals surface area contributed by atoms with Crippen LogP contribution in [0.3, 0.4) is 0 Å². The second-order valence-electron chi connectivity index (χ2n) is 4.45. The third kappa shape index (κ3) is 2.89. The zero-order chi connectivity index (χ0) is 13.2. The molecule has 0 amide bonds. The Bertz CT molecular complexity index is 509. The van der Waals surface area contributed by atoms with E-state index < -0.39 is 10.0 Å². The first kappa shape index (κ1) is 13.5. The Hall–Kier alpha value is -0.950. The maximum absolute atomic E-state index is 12.1. The molecular weight excluding hydrogens is 254 g/mol. The van der Waals surface area contributed by atoms with Gasteiger partial charge in [0.15, 0.2) is 0 Å². The largest absolute Gasteiger partial charge is 0.392 e. The van der Waals surface area contributed by atoms with Crippen molar-refractivity contribution >= 4 is 10.0 Å². The van der Waals surface area contributed by atoms with Crippen molar-refractivity contribution in [1.82, 2.24) is 4.72 Å². The molecule has 0 unspecified atom stereocenters. The Morgan fingerprint density at radius 2 is 2.17 bits per heavy atom. The van der Waals surface area contributed by atoms with Gasteiger partial charge in [-0.05, 0) is 30.5 Å². The van der Waals surface area contributed by atoms with Gasteiger partial charge in [0.05, 0.1) is 17.6 Å². The van der Waals surface area contributed by atoms with Crippen LogP contribution in [-0.2, 0) is 21.4 Å². The predicted molar refractivity (Wildman–Crippen MR) is 66.5 cm³/mol. The minimum Gasteiger partial charge on any atom is -0.392 e. The van der Waals surface area contributed by atoms with E-state index in [2.05, 4.69) is 4.72 Å². The van der Waals surface area contributed by atoms with Crippen molar-refractivity contribution in [3.05, 3.63) is 29.8 Å². The first-order valence-electron chi connectivity index (χ1n) is 5.80. The molecule has 1 aliphatic rings. The molecule has 0 radical (unpaired) electrons. The van der Waals surface area contributed by atoms with Crippen molar-refractivity contribution in [3.63, 3.8) is 0 Å². The van der Waals surface area contributed by atoms with Gasteiger partial charge in [-0.15, -0.1) is 0 Å². The van der Waals surface area contributed by atoms with Crippen LogP contribution in [-0.4, -0.2) is 32.8 Å². The molecule has 0 aliphatic heterocycles. The molecule has 1 fully saturated rings. The maximum atomic E-state index is 12.1. The molecule has 0 spiro atoms. The standard InChI is InChI=1S/C12H17NO4S/c1-17-11-6-10(7-11)13-18(15,16)12-4-2-3-9(5-12)8-14/h2-5,10-11,13-14H,6-8H2,1H3. The number of sulfonamides is 1. The van der Waals surface area contributed by atoms with Crippen LogP contribution >= 0.6 is 0 Å². The molecule has 0 bridgehead atoms. The van der Waals surface area contributed by atoms with E-state index in [0.717, 1.165) is 0 Å². The topological polar surface area (TPSA) is 75.6 Å². The van der Waals surface area contributed by atoms with Gasteiger partial charge in [-0.2, -0.15) is 0 Å². The van der Waals surface area contributed by atoms with Gasteiger partial charge in [0.25, 0.3) is 0 Å². The van der Waals surface area contributed by atoms with Gasteiger partial charge in [-0.1, -0.05) is 12.1 Å². The van der Waals surface area contributed by atoms with Crippen molar-refractivity contribution < 1.29 is 18.3 Å². The molecule has 5 nitrogen and oxygen atoms in total. The highest BCUT2D eigenvalue weighted by Gasteiger charge is 2.32. The zero-order valence-electron chi connectivity index (χ0n) is 10.2. The van der Waals surface area contributed by atoms with E-state index in [0.29, 0.717) is 18.4 Å². The third-order valence-corrected chi connectivity index (χ3v) is 4.66. The molecule has 2 N–H and O–H groups in total. The van der Waals surface area contributed by atoms with Gasteiger partial charge < -0.3 is 9.84 Å². The summed E-state index contributed by atoms with van der Waals surface area (Å²) in [4.78, 5) is 0.190. The van der Waals surface area contributed by atoms with Crippen molar-refractivity contribution in [3.8, 4) is 0 Å². The molecule has 18 heavy (non-hydrogen) atoms. The van der Waals surface area contributed by atoms with E-state index >= 15 is 0 Å². The molecule has 1 aliphatic carbocycles. The minimum atomic E-state index is -3.50. The Balaban J connectivity index is 2.06. The van der Waals surface area contributed by atoms with E-state index in [1.165, 1.54) is 12.1 Å². The second-order valence-corrected chi connectivity index (χ2v) is 6.17. The number of aliphatic hydroxyl groups is 1. The van der Waals surface area contributed by atoms with Gasteiger partial charge in [0, 0.05) is 13.2 Å². The molecule has 0 heterocycles. The van der Waals surface area contributed by atoms with Crippen molar-refractivity contribution in [1.29, 1.82) is 0 Å². The Kier molecular flexibility index (Phi) is 4.01. The monoisotopic (exact) mass is 271 g/mol. The lowest BCUT2D eigenvalue weighted by atomic mass is 9.90. The summed E-state index contributed by atoms with van der Waals surface area (Å²) < 4.78 is 31.9. The number of ether oxygens (including phenoxy) is 1. The highest BCUT2D eigenvalue weighted by atomic mass is 32.2. The van der Waals surface area contributed by atoms with Crippen LogP contribution in [0.5, 0.6) is 0 Å². The van der Waals surface area contributed by atoms with Gasteiger partial charge >= 0.3 is 0 Å². The second kappa shape index (κ2) is 5.36. The highest BCUT2D eigenvalue weighted by Crippen LogP contribution is 2.24. The molecule has 0 saturated heterocycles. The zero-order valence-corrected chi connectivity index (χ0v) is 11.0. The number of nitrogens with one attached hydrogen (secondary N) is 1. The summed E-state index contributed by atoms with van der Waals surface area (Å²) in [6, 6.07) is 6.25. The normalized spacial score (nSPS) is 23.7.